The van der Waals surface area contributed by atoms with Crippen molar-refractivity contribution >= 4 is 35.1 Å². The minimum atomic E-state index is -1.17. The van der Waals surface area contributed by atoms with Crippen molar-refractivity contribution in [1.29, 1.82) is 0 Å². The summed E-state index contributed by atoms with van der Waals surface area (Å²) in [5, 5.41) is 12.0. The van der Waals surface area contributed by atoms with Crippen molar-refractivity contribution in [3.63, 3.8) is 0 Å². The lowest BCUT2D eigenvalue weighted by molar-refractivity contribution is -0.141. The van der Waals surface area contributed by atoms with E-state index in [4.69, 9.17) is 37.4 Å². The van der Waals surface area contributed by atoms with Gasteiger partial charge in [-0.15, -0.1) is 0 Å². The number of ether oxygens (including phenoxy) is 3. The van der Waals surface area contributed by atoms with Crippen LogP contribution in [0.3, 0.4) is 0 Å². The summed E-state index contributed by atoms with van der Waals surface area (Å²) >= 11 is 11.2. The fraction of sp³-hybridized carbons (Fsp3) is 0.333. The van der Waals surface area contributed by atoms with Crippen LogP contribution in [-0.2, 0) is 27.4 Å². The standard InChI is InChI=1S/C24H27Cl2NO6/c1-5-33-13-16-11-19(31-3)21(20(12-16)32-4)17-8-6-15(7-9-17)10-18(24(29)30)27-23(28)14(2)22(25)26/h6-9,11-12,18H,5,10,13H2,1-4H3,(H,27,28)(H,29,30)/t18-/m0/s1. The molecule has 0 aliphatic carbocycles. The molecule has 0 radical (unpaired) electrons. The molecule has 0 saturated carbocycles. The van der Waals surface area contributed by atoms with E-state index in [1.807, 2.05) is 31.2 Å². The van der Waals surface area contributed by atoms with E-state index in [0.29, 0.717) is 24.7 Å². The van der Waals surface area contributed by atoms with Crippen molar-refractivity contribution in [2.45, 2.75) is 32.9 Å². The second-order valence-corrected chi connectivity index (χ2v) is 8.11. The molecule has 1 amide bonds. The molecule has 0 aliphatic rings. The van der Waals surface area contributed by atoms with Gasteiger partial charge in [0.05, 0.1) is 26.4 Å². The number of hydrogen-bond donors (Lipinski definition) is 2. The largest absolute Gasteiger partial charge is 0.496 e. The Kier molecular flexibility index (Phi) is 10.0. The summed E-state index contributed by atoms with van der Waals surface area (Å²) in [4.78, 5) is 23.8. The number of carboxylic acids is 1. The van der Waals surface area contributed by atoms with Gasteiger partial charge >= 0.3 is 5.97 Å². The summed E-state index contributed by atoms with van der Waals surface area (Å²) in [5.41, 5.74) is 3.29. The highest BCUT2D eigenvalue weighted by atomic mass is 35.5. The number of benzene rings is 2. The Morgan fingerprint density at radius 1 is 1.03 bits per heavy atom. The number of carbonyl (C=O) groups excluding carboxylic acids is 1. The Labute approximate surface area is 203 Å². The zero-order valence-corrected chi connectivity index (χ0v) is 20.4. The van der Waals surface area contributed by atoms with Gasteiger partial charge in [-0.25, -0.2) is 4.79 Å². The molecule has 0 aromatic heterocycles. The van der Waals surface area contributed by atoms with Gasteiger partial charge in [0, 0.05) is 18.6 Å². The first-order chi connectivity index (χ1) is 15.7. The second kappa shape index (κ2) is 12.5. The molecule has 1 atom stereocenters. The predicted molar refractivity (Wildman–Crippen MR) is 128 cm³/mol. The van der Waals surface area contributed by atoms with Crippen molar-refractivity contribution in [2.24, 2.45) is 0 Å². The van der Waals surface area contributed by atoms with E-state index in [2.05, 4.69) is 5.32 Å². The number of rotatable bonds is 11. The maximum Gasteiger partial charge on any atom is 0.326 e. The monoisotopic (exact) mass is 495 g/mol. The maximum absolute atomic E-state index is 12.1. The number of carbonyl (C=O) groups is 2. The predicted octanol–water partition coefficient (Wildman–Crippen LogP) is 4.73. The Morgan fingerprint density at radius 2 is 1.61 bits per heavy atom. The van der Waals surface area contributed by atoms with Gasteiger partial charge in [0.25, 0.3) is 0 Å². The van der Waals surface area contributed by atoms with Gasteiger partial charge in [0.1, 0.15) is 22.0 Å². The number of aliphatic carboxylic acids is 1. The fourth-order valence-electron chi connectivity index (χ4n) is 3.15. The van der Waals surface area contributed by atoms with Gasteiger partial charge in [-0.3, -0.25) is 4.79 Å². The van der Waals surface area contributed by atoms with Gasteiger partial charge in [-0.1, -0.05) is 47.5 Å². The number of nitrogens with one attached hydrogen (secondary N) is 1. The summed E-state index contributed by atoms with van der Waals surface area (Å²) < 4.78 is 16.4. The molecular formula is C24H27Cl2NO6. The number of hydrogen-bond acceptors (Lipinski definition) is 5. The molecule has 9 heteroatoms. The summed E-state index contributed by atoms with van der Waals surface area (Å²) in [7, 11) is 3.17. The topological polar surface area (TPSA) is 94.1 Å². The minimum Gasteiger partial charge on any atom is -0.496 e. The summed E-state index contributed by atoms with van der Waals surface area (Å²) in [6, 6.07) is 9.93. The highest BCUT2D eigenvalue weighted by Crippen LogP contribution is 2.40. The molecule has 2 aromatic rings. The van der Waals surface area contributed by atoms with Crippen molar-refractivity contribution in [2.75, 3.05) is 20.8 Å². The molecule has 33 heavy (non-hydrogen) atoms. The quantitative estimate of drug-likeness (QED) is 0.437. The third-order valence-electron chi connectivity index (χ3n) is 4.95. The molecule has 0 bridgehead atoms. The van der Waals surface area contributed by atoms with Crippen LogP contribution >= 0.6 is 23.2 Å². The van der Waals surface area contributed by atoms with E-state index in [1.54, 1.807) is 26.4 Å². The van der Waals surface area contributed by atoms with Crippen LogP contribution in [0.2, 0.25) is 0 Å². The first-order valence-corrected chi connectivity index (χ1v) is 10.9. The zero-order chi connectivity index (χ0) is 24.5. The number of amides is 1. The smallest absolute Gasteiger partial charge is 0.326 e. The summed E-state index contributed by atoms with van der Waals surface area (Å²) in [5.74, 6) is -0.542. The third-order valence-corrected chi connectivity index (χ3v) is 5.52. The number of methoxy groups -OCH3 is 2. The van der Waals surface area contributed by atoms with E-state index in [9.17, 15) is 14.7 Å². The van der Waals surface area contributed by atoms with E-state index in [-0.39, 0.29) is 16.5 Å². The van der Waals surface area contributed by atoms with Crippen molar-refractivity contribution in [3.05, 3.63) is 57.6 Å². The lowest BCUT2D eigenvalue weighted by atomic mass is 9.98. The Bertz CT molecular complexity index is 991. The molecule has 7 nitrogen and oxygen atoms in total. The van der Waals surface area contributed by atoms with Crippen LogP contribution in [0.1, 0.15) is 25.0 Å². The van der Waals surface area contributed by atoms with Gasteiger partial charge in [-0.2, -0.15) is 0 Å². The third kappa shape index (κ3) is 7.12. The molecule has 0 saturated heterocycles. The van der Waals surface area contributed by atoms with E-state index < -0.39 is 17.9 Å². The second-order valence-electron chi connectivity index (χ2n) is 7.16. The normalized spacial score (nSPS) is 11.5. The van der Waals surface area contributed by atoms with Crippen LogP contribution < -0.4 is 14.8 Å². The van der Waals surface area contributed by atoms with Gasteiger partial charge in [0.15, 0.2) is 0 Å². The minimum absolute atomic E-state index is 0.0481. The van der Waals surface area contributed by atoms with Gasteiger partial charge in [0.2, 0.25) is 5.91 Å². The van der Waals surface area contributed by atoms with Gasteiger partial charge in [-0.05, 0) is 42.7 Å². The van der Waals surface area contributed by atoms with Crippen LogP contribution in [0, 0.1) is 0 Å². The first-order valence-electron chi connectivity index (χ1n) is 10.2. The average Bonchev–Trinajstić information content (AvgIpc) is 2.81. The lowest BCUT2D eigenvalue weighted by Crippen LogP contribution is -2.42. The molecule has 0 spiro atoms. The Hall–Kier alpha value is -2.74. The summed E-state index contributed by atoms with van der Waals surface area (Å²) in [6.07, 6.45) is 0.0795. The molecule has 2 N–H and O–H groups in total. The number of halogens is 2. The molecule has 2 aromatic carbocycles. The molecule has 2 rings (SSSR count). The first kappa shape index (κ1) is 26.5. The molecule has 178 valence electrons. The zero-order valence-electron chi connectivity index (χ0n) is 18.9. The van der Waals surface area contributed by atoms with Crippen LogP contribution in [0.25, 0.3) is 11.1 Å². The molecule has 0 aliphatic heterocycles. The Morgan fingerprint density at radius 3 is 2.06 bits per heavy atom. The van der Waals surface area contributed by atoms with Crippen LogP contribution in [0.4, 0.5) is 0 Å². The van der Waals surface area contributed by atoms with Crippen LogP contribution in [-0.4, -0.2) is 43.9 Å². The Balaban J connectivity index is 2.29. The van der Waals surface area contributed by atoms with Crippen LogP contribution in [0.5, 0.6) is 11.5 Å². The average molecular weight is 496 g/mol. The highest BCUT2D eigenvalue weighted by molar-refractivity contribution is 6.57. The van der Waals surface area contributed by atoms with Crippen molar-refractivity contribution in [3.8, 4) is 22.6 Å². The van der Waals surface area contributed by atoms with Crippen molar-refractivity contribution in [1.82, 2.24) is 5.32 Å². The lowest BCUT2D eigenvalue weighted by Gasteiger charge is -2.17. The molecule has 0 unspecified atom stereocenters. The van der Waals surface area contributed by atoms with E-state index in [1.165, 1.54) is 6.92 Å². The summed E-state index contributed by atoms with van der Waals surface area (Å²) in [6.45, 7) is 4.38. The van der Waals surface area contributed by atoms with Crippen LogP contribution in [0.15, 0.2) is 46.5 Å². The van der Waals surface area contributed by atoms with Crippen molar-refractivity contribution < 1.29 is 28.9 Å². The molecule has 0 heterocycles. The van der Waals surface area contributed by atoms with E-state index >= 15 is 0 Å². The SMILES string of the molecule is CCOCc1cc(OC)c(-c2ccc(C[C@H](NC(=O)C(C)=C(Cl)Cl)C(=O)O)cc2)c(OC)c1. The molecular weight excluding hydrogens is 469 g/mol. The van der Waals surface area contributed by atoms with Gasteiger partial charge < -0.3 is 24.6 Å². The van der Waals surface area contributed by atoms with E-state index in [0.717, 1.165) is 22.3 Å². The molecule has 0 fully saturated rings. The number of carboxylic acid groups (broad SMARTS) is 1. The highest BCUT2D eigenvalue weighted by Gasteiger charge is 2.22. The fourth-order valence-corrected chi connectivity index (χ4v) is 3.32. The maximum atomic E-state index is 12.1.